The second-order valence-electron chi connectivity index (χ2n) is 8.68. The van der Waals surface area contributed by atoms with Gasteiger partial charge in [-0.2, -0.15) is 0 Å². The first-order valence-electron chi connectivity index (χ1n) is 12.0. The molecule has 13 heteroatoms. The zero-order valence-corrected chi connectivity index (χ0v) is 23.7. The lowest BCUT2D eigenvalue weighted by molar-refractivity contribution is -0.384. The van der Waals surface area contributed by atoms with E-state index < -0.39 is 16.5 Å². The van der Waals surface area contributed by atoms with Crippen molar-refractivity contribution in [2.75, 3.05) is 26.2 Å². The number of rotatable bonds is 10. The number of hydrogen-bond donors (Lipinski definition) is 0. The predicted octanol–water partition coefficient (Wildman–Crippen LogP) is 5.46. The van der Waals surface area contributed by atoms with Gasteiger partial charge in [0.2, 0.25) is 0 Å². The van der Waals surface area contributed by atoms with E-state index in [-0.39, 0.29) is 45.9 Å². The van der Waals surface area contributed by atoms with Gasteiger partial charge >= 0.3 is 5.97 Å². The molecule has 0 spiro atoms. The van der Waals surface area contributed by atoms with Crippen LogP contribution in [-0.2, 0) is 17.8 Å². The van der Waals surface area contributed by atoms with Crippen LogP contribution in [0, 0.1) is 10.1 Å². The molecule has 0 bridgehead atoms. The van der Waals surface area contributed by atoms with Crippen LogP contribution in [0.15, 0.2) is 71.8 Å². The quantitative estimate of drug-likeness (QED) is 0.133. The minimum Gasteiger partial charge on any atom is -0.497 e. The maximum Gasteiger partial charge on any atom is 0.347 e. The number of hydrogen-bond acceptors (Lipinski definition) is 9. The Bertz CT molecular complexity index is 1570. The van der Waals surface area contributed by atoms with E-state index in [1.807, 2.05) is 24.3 Å². The maximum atomic E-state index is 13.8. The van der Waals surface area contributed by atoms with Gasteiger partial charge in [-0.15, -0.1) is 0 Å². The minimum atomic E-state index is -0.935. The first-order valence-corrected chi connectivity index (χ1v) is 12.8. The Morgan fingerprint density at radius 3 is 1.83 bits per heavy atom. The van der Waals surface area contributed by atoms with Gasteiger partial charge in [-0.1, -0.05) is 47.5 Å². The molecule has 4 aromatic rings. The highest BCUT2D eigenvalue weighted by atomic mass is 35.5. The van der Waals surface area contributed by atoms with E-state index in [4.69, 9.17) is 37.4 Å². The van der Waals surface area contributed by atoms with Crippen molar-refractivity contribution in [1.29, 1.82) is 0 Å². The van der Waals surface area contributed by atoms with Gasteiger partial charge < -0.3 is 19.1 Å². The Labute approximate surface area is 244 Å². The molecule has 3 aromatic carbocycles. The van der Waals surface area contributed by atoms with Crippen molar-refractivity contribution < 1.29 is 23.9 Å². The lowest BCUT2D eigenvalue weighted by Crippen LogP contribution is -2.33. The van der Waals surface area contributed by atoms with Gasteiger partial charge in [0.25, 0.3) is 11.2 Å². The summed E-state index contributed by atoms with van der Waals surface area (Å²) in [5, 5.41) is 10.9. The van der Waals surface area contributed by atoms with Gasteiger partial charge in [0.1, 0.15) is 17.8 Å². The van der Waals surface area contributed by atoms with Gasteiger partial charge in [0.05, 0.1) is 42.0 Å². The summed E-state index contributed by atoms with van der Waals surface area (Å²) in [5.74, 6) is 0.459. The van der Waals surface area contributed by atoms with Crippen molar-refractivity contribution in [1.82, 2.24) is 9.55 Å². The summed E-state index contributed by atoms with van der Waals surface area (Å²) in [4.78, 5) is 43.6. The third-order valence-electron chi connectivity index (χ3n) is 6.16. The van der Waals surface area contributed by atoms with E-state index in [2.05, 4.69) is 4.98 Å². The van der Waals surface area contributed by atoms with Gasteiger partial charge in [0, 0.05) is 25.2 Å². The summed E-state index contributed by atoms with van der Waals surface area (Å²) in [6, 6.07) is 16.7. The van der Waals surface area contributed by atoms with E-state index in [1.165, 1.54) is 0 Å². The number of benzene rings is 3. The molecule has 1 aromatic heterocycles. The Kier molecular flexibility index (Phi) is 9.10. The normalized spacial score (nSPS) is 10.7. The second-order valence-corrected chi connectivity index (χ2v) is 9.49. The molecule has 0 N–H and O–H groups in total. The Morgan fingerprint density at radius 2 is 1.41 bits per heavy atom. The van der Waals surface area contributed by atoms with Crippen LogP contribution >= 0.6 is 23.2 Å². The molecule has 4 rings (SSSR count). The Hall–Kier alpha value is -4.61. The van der Waals surface area contributed by atoms with Crippen LogP contribution in [0.4, 0.5) is 11.5 Å². The largest absolute Gasteiger partial charge is 0.497 e. The maximum absolute atomic E-state index is 13.8. The van der Waals surface area contributed by atoms with Gasteiger partial charge in [-0.25, -0.2) is 9.78 Å². The number of nitrogens with zero attached hydrogens (tertiary/aromatic N) is 4. The summed E-state index contributed by atoms with van der Waals surface area (Å²) < 4.78 is 16.4. The third-order valence-corrected chi connectivity index (χ3v) is 6.74. The molecule has 212 valence electrons. The topological polar surface area (TPSA) is 126 Å². The highest BCUT2D eigenvalue weighted by Gasteiger charge is 2.27. The molecule has 1 heterocycles. The fourth-order valence-electron chi connectivity index (χ4n) is 4.12. The third kappa shape index (κ3) is 6.42. The van der Waals surface area contributed by atoms with Crippen molar-refractivity contribution >= 4 is 40.7 Å². The van der Waals surface area contributed by atoms with Crippen molar-refractivity contribution in [3.63, 3.8) is 0 Å². The molecule has 0 aliphatic heterocycles. The fourth-order valence-corrected chi connectivity index (χ4v) is 4.78. The number of halogens is 2. The molecule has 0 fully saturated rings. The van der Waals surface area contributed by atoms with Crippen LogP contribution in [0.1, 0.15) is 21.5 Å². The average molecular weight is 599 g/mol. The minimum absolute atomic E-state index is 0.0545. The Morgan fingerprint density at radius 1 is 0.927 bits per heavy atom. The summed E-state index contributed by atoms with van der Waals surface area (Å²) >= 11 is 12.6. The monoisotopic (exact) mass is 598 g/mol. The molecule has 0 atom stereocenters. The molecule has 0 amide bonds. The number of carbonyl (C=O) groups excluding carboxylic acids is 1. The number of methoxy groups -OCH3 is 3. The lowest BCUT2D eigenvalue weighted by atomic mass is 10.1. The first kappa shape index (κ1) is 29.4. The van der Waals surface area contributed by atoms with Crippen LogP contribution in [-0.4, -0.2) is 41.8 Å². The van der Waals surface area contributed by atoms with Gasteiger partial charge in [-0.3, -0.25) is 19.5 Å². The zero-order valence-electron chi connectivity index (χ0n) is 22.2. The molecular formula is C28H24Cl2N4O7. The molecule has 0 radical (unpaired) electrons. The lowest BCUT2D eigenvalue weighted by Gasteiger charge is -2.26. The standard InChI is InChI=1S/C28H24Cl2N4O7/c1-39-20-8-4-17(5-9-20)14-32(15-18-6-10-21(40-2)11-7-18)26-24(28(36)41-3)27(35)33(16-31-26)25-22(29)12-19(34(37)38)13-23(25)30/h4-13,16H,14-15H2,1-3H3. The van der Waals surface area contributed by atoms with Gasteiger partial charge in [0.15, 0.2) is 11.4 Å². The van der Waals surface area contributed by atoms with E-state index in [1.54, 1.807) is 43.4 Å². The predicted molar refractivity (Wildman–Crippen MR) is 154 cm³/mol. The smallest absolute Gasteiger partial charge is 0.347 e. The summed E-state index contributed by atoms with van der Waals surface area (Å²) in [7, 11) is 4.28. The van der Waals surface area contributed by atoms with Gasteiger partial charge in [-0.05, 0) is 35.4 Å². The van der Waals surface area contributed by atoms with Crippen LogP contribution in [0.3, 0.4) is 0 Å². The first-order chi connectivity index (χ1) is 19.7. The average Bonchev–Trinajstić information content (AvgIpc) is 2.97. The molecule has 0 unspecified atom stereocenters. The SMILES string of the molecule is COC(=O)c1c(N(Cc2ccc(OC)cc2)Cc2ccc(OC)cc2)ncn(-c2c(Cl)cc([N+](=O)[O-])cc2Cl)c1=O. The van der Waals surface area contributed by atoms with Crippen molar-refractivity contribution in [2.45, 2.75) is 13.1 Å². The number of carbonyl (C=O) groups is 1. The second kappa shape index (κ2) is 12.7. The molecule has 0 saturated heterocycles. The molecule has 0 saturated carbocycles. The highest BCUT2D eigenvalue weighted by molar-refractivity contribution is 6.38. The number of nitro groups is 1. The van der Waals surface area contributed by atoms with Crippen LogP contribution in [0.25, 0.3) is 5.69 Å². The van der Waals surface area contributed by atoms with E-state index >= 15 is 0 Å². The van der Waals surface area contributed by atoms with Crippen LogP contribution in [0.2, 0.25) is 10.0 Å². The number of aromatic nitrogens is 2. The molecule has 41 heavy (non-hydrogen) atoms. The highest BCUT2D eigenvalue weighted by Crippen LogP contribution is 2.33. The Balaban J connectivity index is 1.87. The summed E-state index contributed by atoms with van der Waals surface area (Å²) in [6.45, 7) is 0.519. The summed E-state index contributed by atoms with van der Waals surface area (Å²) in [5.41, 5.74) is 0.0753. The van der Waals surface area contributed by atoms with E-state index in [0.717, 1.165) is 41.3 Å². The number of esters is 1. The van der Waals surface area contributed by atoms with E-state index in [0.29, 0.717) is 11.5 Å². The van der Waals surface area contributed by atoms with Crippen LogP contribution in [0.5, 0.6) is 11.5 Å². The number of nitro benzene ring substituents is 1. The fraction of sp³-hybridized carbons (Fsp3) is 0.179. The molecule has 11 nitrogen and oxygen atoms in total. The number of anilines is 1. The van der Waals surface area contributed by atoms with Crippen molar-refractivity contribution in [3.05, 3.63) is 114 Å². The molecular weight excluding hydrogens is 575 g/mol. The van der Waals surface area contributed by atoms with Crippen molar-refractivity contribution in [3.8, 4) is 17.2 Å². The van der Waals surface area contributed by atoms with E-state index in [9.17, 15) is 19.7 Å². The molecule has 0 aliphatic carbocycles. The number of ether oxygens (including phenoxy) is 3. The summed E-state index contributed by atoms with van der Waals surface area (Å²) in [6.07, 6.45) is 1.16. The molecule has 0 aliphatic rings. The van der Waals surface area contributed by atoms with Crippen LogP contribution < -0.4 is 19.9 Å². The van der Waals surface area contributed by atoms with Crippen molar-refractivity contribution in [2.24, 2.45) is 0 Å². The zero-order chi connectivity index (χ0) is 29.7. The number of non-ortho nitro benzene ring substituents is 1.